The Morgan fingerprint density at radius 2 is 1.95 bits per heavy atom. The van der Waals surface area contributed by atoms with E-state index in [1.165, 1.54) is 0 Å². The van der Waals surface area contributed by atoms with Crippen LogP contribution in [0.4, 0.5) is 11.8 Å². The van der Waals surface area contributed by atoms with Crippen molar-refractivity contribution in [2.24, 2.45) is 11.3 Å². The first-order valence-electron chi connectivity index (χ1n) is 7.04. The molecule has 1 aromatic carbocycles. The van der Waals surface area contributed by atoms with Gasteiger partial charge in [-0.2, -0.15) is 4.98 Å². The Morgan fingerprint density at radius 1 is 1.24 bits per heavy atom. The number of anilines is 2. The molecule has 6 heteroatoms. The third-order valence-electron chi connectivity index (χ3n) is 3.09. The Bertz CT molecular complexity index is 609. The Kier molecular flexibility index (Phi) is 4.59. The lowest BCUT2D eigenvalue weighted by Crippen LogP contribution is -2.25. The molecule has 0 aliphatic rings. The van der Waals surface area contributed by atoms with Gasteiger partial charge in [0.1, 0.15) is 5.82 Å². The second kappa shape index (κ2) is 6.24. The number of hydrogen-bond donors (Lipinski definition) is 4. The van der Waals surface area contributed by atoms with Crippen LogP contribution in [0.5, 0.6) is 0 Å². The van der Waals surface area contributed by atoms with Crippen molar-refractivity contribution in [1.29, 1.82) is 0 Å². The zero-order valence-corrected chi connectivity index (χ0v) is 12.7. The highest BCUT2D eigenvalue weighted by molar-refractivity contribution is 5.89. The van der Waals surface area contributed by atoms with Gasteiger partial charge in [-0.15, -0.1) is 0 Å². The van der Waals surface area contributed by atoms with E-state index < -0.39 is 6.10 Å². The Morgan fingerprint density at radius 3 is 2.62 bits per heavy atom. The van der Waals surface area contributed by atoms with Crippen LogP contribution < -0.4 is 16.6 Å². The molecule has 0 aliphatic carbocycles. The van der Waals surface area contributed by atoms with Crippen LogP contribution in [0.25, 0.3) is 10.9 Å². The van der Waals surface area contributed by atoms with E-state index in [9.17, 15) is 5.11 Å². The Labute approximate surface area is 124 Å². The number of aromatic nitrogens is 2. The van der Waals surface area contributed by atoms with E-state index in [-0.39, 0.29) is 5.41 Å². The standard InChI is InChI=1S/C15H23N5O/c1-15(2,3)8-10(21)9-17-13-11-6-4-5-7-12(11)18-14(19-13)20-16/h4-7,10,21H,8-9,16H2,1-3H3,(H2,17,18,19,20). The van der Waals surface area contributed by atoms with Crippen LogP contribution in [0.3, 0.4) is 0 Å². The number of nitrogens with zero attached hydrogens (tertiary/aromatic N) is 2. The van der Waals surface area contributed by atoms with Crippen LogP contribution >= 0.6 is 0 Å². The molecule has 6 nitrogen and oxygen atoms in total. The molecule has 0 saturated carbocycles. The number of fused-ring (bicyclic) bond motifs is 1. The summed E-state index contributed by atoms with van der Waals surface area (Å²) in [5.41, 5.74) is 3.34. The molecule has 0 bridgehead atoms. The summed E-state index contributed by atoms with van der Waals surface area (Å²) in [5.74, 6) is 6.41. The average molecular weight is 289 g/mol. The molecular weight excluding hydrogens is 266 g/mol. The number of para-hydroxylation sites is 1. The summed E-state index contributed by atoms with van der Waals surface area (Å²) in [6, 6.07) is 7.68. The fourth-order valence-corrected chi connectivity index (χ4v) is 2.27. The van der Waals surface area contributed by atoms with Gasteiger partial charge in [0.15, 0.2) is 0 Å². The molecule has 1 heterocycles. The number of nitrogen functional groups attached to an aromatic ring is 1. The van der Waals surface area contributed by atoms with Crippen molar-refractivity contribution in [1.82, 2.24) is 9.97 Å². The van der Waals surface area contributed by atoms with Crippen molar-refractivity contribution in [3.05, 3.63) is 24.3 Å². The number of aliphatic hydroxyl groups excluding tert-OH is 1. The molecule has 1 aromatic heterocycles. The second-order valence-corrected chi connectivity index (χ2v) is 6.36. The Hall–Kier alpha value is -1.92. The Balaban J connectivity index is 2.17. The minimum atomic E-state index is -0.437. The van der Waals surface area contributed by atoms with Crippen molar-refractivity contribution in [3.8, 4) is 0 Å². The molecule has 114 valence electrons. The summed E-state index contributed by atoms with van der Waals surface area (Å²) < 4.78 is 0. The van der Waals surface area contributed by atoms with E-state index in [2.05, 4.69) is 41.5 Å². The SMILES string of the molecule is CC(C)(C)CC(O)CNc1nc(NN)nc2ccccc12. The molecular formula is C15H23N5O. The van der Waals surface area contributed by atoms with E-state index in [4.69, 9.17) is 5.84 Å². The second-order valence-electron chi connectivity index (χ2n) is 6.36. The molecule has 0 spiro atoms. The van der Waals surface area contributed by atoms with Gasteiger partial charge < -0.3 is 10.4 Å². The molecule has 21 heavy (non-hydrogen) atoms. The van der Waals surface area contributed by atoms with Crippen molar-refractivity contribution < 1.29 is 5.11 Å². The first kappa shape index (κ1) is 15.5. The van der Waals surface area contributed by atoms with Crippen molar-refractivity contribution >= 4 is 22.7 Å². The minimum Gasteiger partial charge on any atom is -0.391 e. The maximum atomic E-state index is 10.1. The number of hydrogen-bond acceptors (Lipinski definition) is 6. The van der Waals surface area contributed by atoms with Gasteiger partial charge in [0.2, 0.25) is 5.95 Å². The molecule has 1 unspecified atom stereocenters. The van der Waals surface area contributed by atoms with Crippen LogP contribution in [-0.4, -0.2) is 27.7 Å². The highest BCUT2D eigenvalue weighted by atomic mass is 16.3. The quantitative estimate of drug-likeness (QED) is 0.497. The maximum Gasteiger partial charge on any atom is 0.239 e. The lowest BCUT2D eigenvalue weighted by Gasteiger charge is -2.22. The van der Waals surface area contributed by atoms with Crippen molar-refractivity contribution in [2.45, 2.75) is 33.3 Å². The number of benzene rings is 1. The molecule has 2 rings (SSSR count). The van der Waals surface area contributed by atoms with Gasteiger partial charge in [0.05, 0.1) is 11.6 Å². The van der Waals surface area contributed by atoms with Crippen LogP contribution in [0.15, 0.2) is 24.3 Å². The van der Waals surface area contributed by atoms with E-state index in [1.807, 2.05) is 24.3 Å². The van der Waals surface area contributed by atoms with Crippen LogP contribution in [0, 0.1) is 5.41 Å². The van der Waals surface area contributed by atoms with Gasteiger partial charge >= 0.3 is 0 Å². The minimum absolute atomic E-state index is 0.0822. The zero-order valence-electron chi connectivity index (χ0n) is 12.7. The third-order valence-corrected chi connectivity index (χ3v) is 3.09. The van der Waals surface area contributed by atoms with Gasteiger partial charge in [0, 0.05) is 11.9 Å². The predicted molar refractivity (Wildman–Crippen MR) is 85.9 cm³/mol. The normalized spacial score (nSPS) is 13.2. The van der Waals surface area contributed by atoms with Crippen LogP contribution in [0.1, 0.15) is 27.2 Å². The largest absolute Gasteiger partial charge is 0.391 e. The first-order valence-corrected chi connectivity index (χ1v) is 7.04. The summed E-state index contributed by atoms with van der Waals surface area (Å²) in [6.07, 6.45) is 0.276. The van der Waals surface area contributed by atoms with Crippen molar-refractivity contribution in [2.75, 3.05) is 17.3 Å². The maximum absolute atomic E-state index is 10.1. The fraction of sp³-hybridized carbons (Fsp3) is 0.467. The predicted octanol–water partition coefficient (Wildman–Crippen LogP) is 2.12. The number of nitrogens with two attached hydrogens (primary N) is 1. The molecule has 0 radical (unpaired) electrons. The number of rotatable bonds is 5. The summed E-state index contributed by atoms with van der Waals surface area (Å²) in [4.78, 5) is 8.61. The smallest absolute Gasteiger partial charge is 0.239 e. The number of hydrazine groups is 1. The third kappa shape index (κ3) is 4.27. The van der Waals surface area contributed by atoms with E-state index in [1.54, 1.807) is 0 Å². The molecule has 2 aromatic rings. The van der Waals surface area contributed by atoms with Crippen LogP contribution in [0.2, 0.25) is 0 Å². The monoisotopic (exact) mass is 289 g/mol. The van der Waals surface area contributed by atoms with E-state index >= 15 is 0 Å². The van der Waals surface area contributed by atoms with E-state index in [0.29, 0.717) is 24.7 Å². The summed E-state index contributed by atoms with van der Waals surface area (Å²) in [5, 5.41) is 14.2. The molecule has 0 fully saturated rings. The van der Waals surface area contributed by atoms with Crippen molar-refractivity contribution in [3.63, 3.8) is 0 Å². The van der Waals surface area contributed by atoms with Gasteiger partial charge in [0.25, 0.3) is 0 Å². The number of nitrogens with one attached hydrogen (secondary N) is 2. The highest BCUT2D eigenvalue weighted by Gasteiger charge is 2.17. The van der Waals surface area contributed by atoms with Gasteiger partial charge in [-0.1, -0.05) is 32.9 Å². The lowest BCUT2D eigenvalue weighted by atomic mass is 9.89. The molecule has 0 saturated heterocycles. The van der Waals surface area contributed by atoms with Gasteiger partial charge in [-0.25, -0.2) is 10.8 Å². The lowest BCUT2D eigenvalue weighted by molar-refractivity contribution is 0.132. The average Bonchev–Trinajstić information content (AvgIpc) is 2.42. The summed E-state index contributed by atoms with van der Waals surface area (Å²) in [6.45, 7) is 6.74. The molecule has 1 atom stereocenters. The zero-order chi connectivity index (χ0) is 15.5. The molecule has 5 N–H and O–H groups in total. The first-order chi connectivity index (χ1) is 9.89. The summed E-state index contributed by atoms with van der Waals surface area (Å²) >= 11 is 0. The topological polar surface area (TPSA) is 96.1 Å². The molecule has 0 aliphatic heterocycles. The van der Waals surface area contributed by atoms with Gasteiger partial charge in [-0.3, -0.25) is 5.43 Å². The van der Waals surface area contributed by atoms with Gasteiger partial charge in [-0.05, 0) is 24.0 Å². The fourth-order valence-electron chi connectivity index (χ4n) is 2.27. The van der Waals surface area contributed by atoms with E-state index in [0.717, 1.165) is 10.9 Å². The van der Waals surface area contributed by atoms with Crippen LogP contribution in [-0.2, 0) is 0 Å². The number of aliphatic hydroxyl groups is 1. The molecule has 0 amide bonds. The highest BCUT2D eigenvalue weighted by Crippen LogP contribution is 2.23. The summed E-state index contributed by atoms with van der Waals surface area (Å²) in [7, 11) is 0.